The van der Waals surface area contributed by atoms with E-state index >= 15 is 0 Å². The first-order chi connectivity index (χ1) is 9.38. The van der Waals surface area contributed by atoms with E-state index in [2.05, 4.69) is 0 Å². The lowest BCUT2D eigenvalue weighted by Gasteiger charge is -2.05. The van der Waals surface area contributed by atoms with Crippen molar-refractivity contribution in [3.63, 3.8) is 0 Å². The number of hydrogen-bond donors (Lipinski definition) is 0. The van der Waals surface area contributed by atoms with Crippen LogP contribution in [0, 0.1) is 23.3 Å². The van der Waals surface area contributed by atoms with Gasteiger partial charge in [-0.1, -0.05) is 17.7 Å². The molecule has 0 aliphatic rings. The van der Waals surface area contributed by atoms with Gasteiger partial charge in [0.15, 0.2) is 17.4 Å². The largest absolute Gasteiger partial charge is 0.294 e. The molecule has 6 heteroatoms. The Bertz CT molecular complexity index is 685. The van der Waals surface area contributed by atoms with E-state index in [0.717, 1.165) is 12.1 Å². The van der Waals surface area contributed by atoms with Crippen molar-refractivity contribution in [2.24, 2.45) is 0 Å². The van der Waals surface area contributed by atoms with Crippen LogP contribution in [0.25, 0.3) is 0 Å². The highest BCUT2D eigenvalue weighted by atomic mass is 35.5. The van der Waals surface area contributed by atoms with Crippen LogP contribution in [0.2, 0.25) is 5.02 Å². The van der Waals surface area contributed by atoms with Crippen LogP contribution in [0.3, 0.4) is 0 Å². The molecule has 0 saturated carbocycles. The molecule has 0 atom stereocenters. The van der Waals surface area contributed by atoms with Gasteiger partial charge in [0.1, 0.15) is 11.6 Å². The van der Waals surface area contributed by atoms with Crippen molar-refractivity contribution < 1.29 is 22.4 Å². The number of Topliss-reactive ketones (excluding diaryl/α,β-unsaturated/α-hetero) is 1. The zero-order chi connectivity index (χ0) is 14.9. The summed E-state index contributed by atoms with van der Waals surface area (Å²) >= 11 is 5.37. The monoisotopic (exact) mass is 302 g/mol. The molecule has 104 valence electrons. The molecule has 20 heavy (non-hydrogen) atoms. The van der Waals surface area contributed by atoms with Gasteiger partial charge in [-0.15, -0.1) is 0 Å². The average molecular weight is 303 g/mol. The van der Waals surface area contributed by atoms with Crippen LogP contribution in [0.4, 0.5) is 17.6 Å². The Morgan fingerprint density at radius 3 is 2.25 bits per heavy atom. The van der Waals surface area contributed by atoms with E-state index in [0.29, 0.717) is 12.1 Å². The van der Waals surface area contributed by atoms with Crippen molar-refractivity contribution in [1.29, 1.82) is 0 Å². The van der Waals surface area contributed by atoms with Crippen molar-refractivity contribution in [3.05, 3.63) is 69.8 Å². The summed E-state index contributed by atoms with van der Waals surface area (Å²) in [6, 6.07) is 4.25. The first-order valence-corrected chi connectivity index (χ1v) is 5.88. The number of carbonyl (C=O) groups is 1. The lowest BCUT2D eigenvalue weighted by molar-refractivity contribution is 0.0988. The fourth-order valence-electron chi connectivity index (χ4n) is 1.67. The van der Waals surface area contributed by atoms with Crippen molar-refractivity contribution >= 4 is 17.4 Å². The number of ketones is 1. The van der Waals surface area contributed by atoms with Crippen LogP contribution in [0.1, 0.15) is 15.9 Å². The Balaban J connectivity index is 2.28. The lowest BCUT2D eigenvalue weighted by Crippen LogP contribution is -2.07. The smallest absolute Gasteiger partial charge is 0.170 e. The minimum atomic E-state index is -1.11. The quantitative estimate of drug-likeness (QED) is 0.469. The molecular weight excluding hydrogens is 296 g/mol. The molecule has 0 aliphatic heterocycles. The Kier molecular flexibility index (Phi) is 4.09. The molecule has 0 aromatic heterocycles. The van der Waals surface area contributed by atoms with E-state index in [-0.39, 0.29) is 12.0 Å². The second-order valence-corrected chi connectivity index (χ2v) is 4.50. The maximum Gasteiger partial charge on any atom is 0.170 e. The van der Waals surface area contributed by atoms with Crippen LogP contribution in [0.15, 0.2) is 30.3 Å². The molecule has 0 unspecified atom stereocenters. The molecule has 0 radical (unpaired) electrons. The van der Waals surface area contributed by atoms with Gasteiger partial charge in [-0.3, -0.25) is 4.79 Å². The third-order valence-electron chi connectivity index (χ3n) is 2.66. The van der Waals surface area contributed by atoms with E-state index in [9.17, 15) is 22.4 Å². The van der Waals surface area contributed by atoms with Gasteiger partial charge in [0.2, 0.25) is 0 Å². The second-order valence-electron chi connectivity index (χ2n) is 4.09. The highest BCUT2D eigenvalue weighted by Gasteiger charge is 2.16. The Labute approximate surface area is 116 Å². The molecule has 0 saturated heterocycles. The van der Waals surface area contributed by atoms with E-state index in [1.807, 2.05) is 0 Å². The summed E-state index contributed by atoms with van der Waals surface area (Å²) in [5, 5.41) is -0.438. The van der Waals surface area contributed by atoms with Crippen molar-refractivity contribution in [2.45, 2.75) is 6.42 Å². The molecule has 2 aromatic rings. The molecule has 0 N–H and O–H groups in total. The molecule has 2 rings (SSSR count). The maximum absolute atomic E-state index is 13.5. The van der Waals surface area contributed by atoms with Crippen LogP contribution in [-0.2, 0) is 6.42 Å². The topological polar surface area (TPSA) is 17.1 Å². The van der Waals surface area contributed by atoms with Crippen LogP contribution >= 0.6 is 11.6 Å². The third-order valence-corrected chi connectivity index (χ3v) is 2.95. The first kappa shape index (κ1) is 14.5. The third kappa shape index (κ3) is 2.99. The van der Waals surface area contributed by atoms with Gasteiger partial charge >= 0.3 is 0 Å². The first-order valence-electron chi connectivity index (χ1n) is 5.50. The summed E-state index contributed by atoms with van der Waals surface area (Å²) in [5.74, 6) is -4.82. The number of benzene rings is 2. The van der Waals surface area contributed by atoms with Crippen molar-refractivity contribution in [2.75, 3.05) is 0 Å². The SMILES string of the molecule is O=C(Cc1ccc(F)c(F)c1)c1cc(F)c(Cl)cc1F. The number of halogens is 5. The van der Waals surface area contributed by atoms with Crippen molar-refractivity contribution in [3.8, 4) is 0 Å². The number of rotatable bonds is 3. The highest BCUT2D eigenvalue weighted by molar-refractivity contribution is 6.30. The summed E-state index contributed by atoms with van der Waals surface area (Å²) in [7, 11) is 0. The molecule has 1 nitrogen and oxygen atoms in total. The van der Waals surface area contributed by atoms with Crippen molar-refractivity contribution in [1.82, 2.24) is 0 Å². The van der Waals surface area contributed by atoms with Gasteiger partial charge in [-0.25, -0.2) is 17.6 Å². The van der Waals surface area contributed by atoms with Gasteiger partial charge in [0, 0.05) is 6.42 Å². The maximum atomic E-state index is 13.5. The molecule has 0 amide bonds. The molecule has 0 aliphatic carbocycles. The molecule has 0 fully saturated rings. The minimum absolute atomic E-state index is 0.156. The fraction of sp³-hybridized carbons (Fsp3) is 0.0714. The Morgan fingerprint density at radius 2 is 1.60 bits per heavy atom. The molecule has 2 aromatic carbocycles. The molecule has 0 spiro atoms. The fourth-order valence-corrected chi connectivity index (χ4v) is 1.82. The average Bonchev–Trinajstić information content (AvgIpc) is 2.38. The van der Waals surface area contributed by atoms with Gasteiger partial charge in [-0.2, -0.15) is 0 Å². The number of carbonyl (C=O) groups excluding carboxylic acids is 1. The summed E-state index contributed by atoms with van der Waals surface area (Å²) in [4.78, 5) is 11.8. The van der Waals surface area contributed by atoms with Gasteiger partial charge in [-0.05, 0) is 29.8 Å². The summed E-state index contributed by atoms with van der Waals surface area (Å²) in [5.41, 5.74) is -0.333. The molecule has 0 bridgehead atoms. The summed E-state index contributed by atoms with van der Waals surface area (Å²) in [6.07, 6.45) is -0.380. The van der Waals surface area contributed by atoms with Crippen LogP contribution in [-0.4, -0.2) is 5.78 Å². The van der Waals surface area contributed by atoms with Gasteiger partial charge in [0.05, 0.1) is 10.6 Å². The predicted octanol–water partition coefficient (Wildman–Crippen LogP) is 4.32. The van der Waals surface area contributed by atoms with E-state index in [1.54, 1.807) is 0 Å². The van der Waals surface area contributed by atoms with E-state index in [1.165, 1.54) is 6.07 Å². The van der Waals surface area contributed by atoms with Gasteiger partial charge < -0.3 is 0 Å². The zero-order valence-electron chi connectivity index (χ0n) is 9.89. The van der Waals surface area contributed by atoms with E-state index < -0.39 is 39.6 Å². The Hall–Kier alpha value is -1.88. The minimum Gasteiger partial charge on any atom is -0.294 e. The molecule has 0 heterocycles. The highest BCUT2D eigenvalue weighted by Crippen LogP contribution is 2.21. The summed E-state index contributed by atoms with van der Waals surface area (Å²) in [6.45, 7) is 0. The van der Waals surface area contributed by atoms with E-state index in [4.69, 9.17) is 11.6 Å². The number of hydrogen-bond acceptors (Lipinski definition) is 1. The van der Waals surface area contributed by atoms with Gasteiger partial charge in [0.25, 0.3) is 0 Å². The van der Waals surface area contributed by atoms with Crippen LogP contribution < -0.4 is 0 Å². The summed E-state index contributed by atoms with van der Waals surface area (Å²) < 4.78 is 52.5. The lowest BCUT2D eigenvalue weighted by atomic mass is 10.0. The Morgan fingerprint density at radius 1 is 0.900 bits per heavy atom. The van der Waals surface area contributed by atoms with Crippen LogP contribution in [0.5, 0.6) is 0 Å². The zero-order valence-corrected chi connectivity index (χ0v) is 10.6. The standard InChI is InChI=1S/C14H7ClF4O/c15-9-6-11(17)8(5-12(9)18)14(20)4-7-1-2-10(16)13(19)3-7/h1-3,5-6H,4H2. The molecular formula is C14H7ClF4O. The second kappa shape index (κ2) is 5.63. The predicted molar refractivity (Wildman–Crippen MR) is 65.8 cm³/mol. The normalized spacial score (nSPS) is 10.7.